The fourth-order valence-electron chi connectivity index (χ4n) is 1.56. The largest absolute Gasteiger partial charge is 0.327 e. The highest BCUT2D eigenvalue weighted by atomic mass is 32.2. The summed E-state index contributed by atoms with van der Waals surface area (Å²) >= 11 is 1.01. The number of carbonyl (C=O) groups excluding carboxylic acids is 1. The molecule has 0 spiro atoms. The van der Waals surface area contributed by atoms with Gasteiger partial charge in [0.2, 0.25) is 0 Å². The van der Waals surface area contributed by atoms with E-state index in [1.165, 1.54) is 6.07 Å². The van der Waals surface area contributed by atoms with E-state index < -0.39 is 0 Å². The summed E-state index contributed by atoms with van der Waals surface area (Å²) in [6, 6.07) is 6.21. The Morgan fingerprint density at radius 1 is 1.35 bits per heavy atom. The van der Waals surface area contributed by atoms with Crippen LogP contribution in [-0.4, -0.2) is 37.1 Å². The summed E-state index contributed by atoms with van der Waals surface area (Å²) in [7, 11) is 0. The number of piperazine rings is 1. The number of urea groups is 1. The van der Waals surface area contributed by atoms with Gasteiger partial charge < -0.3 is 10.2 Å². The number of hydrogen-bond donors (Lipinski definition) is 2. The number of benzene rings is 1. The van der Waals surface area contributed by atoms with Crippen molar-refractivity contribution in [2.45, 2.75) is 4.90 Å². The molecule has 4 nitrogen and oxygen atoms in total. The highest BCUT2D eigenvalue weighted by Crippen LogP contribution is 2.18. The number of nitrogens with zero attached hydrogens (tertiary/aromatic N) is 1. The van der Waals surface area contributed by atoms with Crippen LogP contribution in [0.5, 0.6) is 0 Å². The highest BCUT2D eigenvalue weighted by Gasteiger charge is 2.16. The summed E-state index contributed by atoms with van der Waals surface area (Å²) in [5.41, 5.74) is 0. The summed E-state index contributed by atoms with van der Waals surface area (Å²) in [6.45, 7) is 2.98. The lowest BCUT2D eigenvalue weighted by Gasteiger charge is -2.27. The van der Waals surface area contributed by atoms with Crippen LogP contribution in [0.3, 0.4) is 0 Å². The molecule has 2 N–H and O–H groups in total. The molecule has 0 aromatic heterocycles. The Morgan fingerprint density at radius 2 is 2.06 bits per heavy atom. The smallest absolute Gasteiger partial charge is 0.322 e. The van der Waals surface area contributed by atoms with Gasteiger partial charge in [-0.25, -0.2) is 9.18 Å². The average molecular weight is 255 g/mol. The van der Waals surface area contributed by atoms with E-state index in [-0.39, 0.29) is 11.8 Å². The van der Waals surface area contributed by atoms with E-state index in [1.807, 2.05) is 0 Å². The summed E-state index contributed by atoms with van der Waals surface area (Å²) in [5, 5.41) is 3.16. The lowest BCUT2D eigenvalue weighted by atomic mass is 10.4. The Labute approximate surface area is 104 Å². The van der Waals surface area contributed by atoms with Crippen molar-refractivity contribution in [2.24, 2.45) is 0 Å². The van der Waals surface area contributed by atoms with Crippen molar-refractivity contribution in [2.75, 3.05) is 26.2 Å². The van der Waals surface area contributed by atoms with E-state index >= 15 is 0 Å². The van der Waals surface area contributed by atoms with Crippen LogP contribution in [-0.2, 0) is 0 Å². The molecule has 1 aromatic carbocycles. The molecule has 6 heteroatoms. The molecule has 1 aromatic rings. The summed E-state index contributed by atoms with van der Waals surface area (Å²) in [4.78, 5) is 13.9. The molecule has 0 bridgehead atoms. The Morgan fingerprint density at radius 3 is 2.76 bits per heavy atom. The van der Waals surface area contributed by atoms with Crippen LogP contribution in [0.25, 0.3) is 0 Å². The molecule has 92 valence electrons. The molecular weight excluding hydrogens is 241 g/mol. The Balaban J connectivity index is 1.85. The van der Waals surface area contributed by atoms with Gasteiger partial charge in [0.05, 0.1) is 4.90 Å². The van der Waals surface area contributed by atoms with Gasteiger partial charge in [-0.1, -0.05) is 12.1 Å². The van der Waals surface area contributed by atoms with E-state index in [4.69, 9.17) is 0 Å². The minimum atomic E-state index is -0.321. The molecule has 0 atom stereocenters. The zero-order chi connectivity index (χ0) is 12.1. The van der Waals surface area contributed by atoms with Gasteiger partial charge >= 0.3 is 6.03 Å². The number of amides is 2. The normalized spacial score (nSPS) is 15.7. The first kappa shape index (κ1) is 12.2. The molecule has 0 unspecified atom stereocenters. The summed E-state index contributed by atoms with van der Waals surface area (Å²) in [6.07, 6.45) is 0. The Hall–Kier alpha value is -1.27. The quantitative estimate of drug-likeness (QED) is 0.786. The SMILES string of the molecule is O=C(NSc1ccccc1F)N1CCNCC1. The van der Waals surface area contributed by atoms with E-state index in [9.17, 15) is 9.18 Å². The van der Waals surface area contributed by atoms with Crippen molar-refractivity contribution < 1.29 is 9.18 Å². The van der Waals surface area contributed by atoms with Gasteiger partial charge in [0, 0.05) is 26.2 Å². The van der Waals surface area contributed by atoms with Gasteiger partial charge in [-0.2, -0.15) is 0 Å². The molecular formula is C11H14FN3OS. The second kappa shape index (κ2) is 5.88. The van der Waals surface area contributed by atoms with E-state index in [1.54, 1.807) is 23.1 Å². The maximum Gasteiger partial charge on any atom is 0.327 e. The first-order valence-corrected chi connectivity index (χ1v) is 6.26. The highest BCUT2D eigenvalue weighted by molar-refractivity contribution is 7.98. The third-order valence-electron chi connectivity index (χ3n) is 2.49. The Kier molecular flexibility index (Phi) is 4.22. The second-order valence-corrected chi connectivity index (χ2v) is 4.52. The van der Waals surface area contributed by atoms with Gasteiger partial charge in [0.25, 0.3) is 0 Å². The molecule has 1 aliphatic rings. The molecule has 1 heterocycles. The van der Waals surface area contributed by atoms with Crippen LogP contribution in [0.1, 0.15) is 0 Å². The Bertz CT molecular complexity index is 396. The van der Waals surface area contributed by atoms with Crippen molar-refractivity contribution >= 4 is 18.0 Å². The number of hydrogen-bond acceptors (Lipinski definition) is 3. The summed E-state index contributed by atoms with van der Waals surface area (Å²) < 4.78 is 15.9. The zero-order valence-corrected chi connectivity index (χ0v) is 10.1. The van der Waals surface area contributed by atoms with E-state index in [0.717, 1.165) is 25.0 Å². The van der Waals surface area contributed by atoms with Gasteiger partial charge in [-0.3, -0.25) is 4.72 Å². The fourth-order valence-corrected chi connectivity index (χ4v) is 2.20. The van der Waals surface area contributed by atoms with Gasteiger partial charge in [-0.15, -0.1) is 0 Å². The molecule has 1 fully saturated rings. The summed E-state index contributed by atoms with van der Waals surface area (Å²) in [5.74, 6) is -0.321. The van der Waals surface area contributed by atoms with Crippen LogP contribution in [0.2, 0.25) is 0 Å². The minimum absolute atomic E-state index is 0.167. The number of rotatable bonds is 2. The van der Waals surface area contributed by atoms with Crippen LogP contribution >= 0.6 is 11.9 Å². The lowest BCUT2D eigenvalue weighted by molar-refractivity contribution is 0.197. The lowest BCUT2D eigenvalue weighted by Crippen LogP contribution is -2.48. The molecule has 2 rings (SSSR count). The van der Waals surface area contributed by atoms with Crippen molar-refractivity contribution in [1.29, 1.82) is 0 Å². The predicted molar refractivity (Wildman–Crippen MR) is 65.2 cm³/mol. The van der Waals surface area contributed by atoms with Crippen LogP contribution in [0.4, 0.5) is 9.18 Å². The van der Waals surface area contributed by atoms with Crippen molar-refractivity contribution in [1.82, 2.24) is 14.9 Å². The number of carbonyl (C=O) groups is 1. The topological polar surface area (TPSA) is 44.4 Å². The van der Waals surface area contributed by atoms with Gasteiger partial charge in [-0.05, 0) is 24.1 Å². The van der Waals surface area contributed by atoms with Gasteiger partial charge in [0.15, 0.2) is 0 Å². The standard InChI is InChI=1S/C11H14FN3OS/c12-9-3-1-2-4-10(9)17-14-11(16)15-7-5-13-6-8-15/h1-4,13H,5-8H2,(H,14,16). The second-order valence-electron chi connectivity index (χ2n) is 3.68. The fraction of sp³-hybridized carbons (Fsp3) is 0.364. The molecule has 2 amide bonds. The average Bonchev–Trinajstić information content (AvgIpc) is 2.38. The minimum Gasteiger partial charge on any atom is -0.322 e. The zero-order valence-electron chi connectivity index (χ0n) is 9.28. The van der Waals surface area contributed by atoms with Gasteiger partial charge in [0.1, 0.15) is 5.82 Å². The molecule has 1 aliphatic heterocycles. The molecule has 0 saturated carbocycles. The van der Waals surface area contributed by atoms with Crippen LogP contribution < -0.4 is 10.0 Å². The first-order valence-electron chi connectivity index (χ1n) is 5.44. The third-order valence-corrected chi connectivity index (χ3v) is 3.32. The first-order chi connectivity index (χ1) is 8.27. The predicted octanol–water partition coefficient (Wildman–Crippen LogP) is 1.45. The van der Waals surface area contributed by atoms with Crippen LogP contribution in [0.15, 0.2) is 29.2 Å². The molecule has 0 aliphatic carbocycles. The molecule has 0 radical (unpaired) electrons. The van der Waals surface area contributed by atoms with Crippen LogP contribution in [0, 0.1) is 5.82 Å². The van der Waals surface area contributed by atoms with Crippen molar-refractivity contribution in [3.05, 3.63) is 30.1 Å². The molecule has 1 saturated heterocycles. The molecule has 17 heavy (non-hydrogen) atoms. The third kappa shape index (κ3) is 3.34. The van der Waals surface area contributed by atoms with E-state index in [0.29, 0.717) is 18.0 Å². The number of nitrogens with one attached hydrogen (secondary N) is 2. The van der Waals surface area contributed by atoms with Crippen molar-refractivity contribution in [3.8, 4) is 0 Å². The van der Waals surface area contributed by atoms with E-state index in [2.05, 4.69) is 10.0 Å². The maximum atomic E-state index is 13.3. The monoisotopic (exact) mass is 255 g/mol. The number of halogens is 1. The maximum absolute atomic E-state index is 13.3. The van der Waals surface area contributed by atoms with Crippen molar-refractivity contribution in [3.63, 3.8) is 0 Å².